The summed E-state index contributed by atoms with van der Waals surface area (Å²) in [7, 11) is 1.82. The smallest absolute Gasteiger partial charge is 0.257 e. The molecule has 0 fully saturated rings. The normalized spacial score (nSPS) is 12.9. The third-order valence-electron chi connectivity index (χ3n) is 4.98. The monoisotopic (exact) mass is 374 g/mol. The second-order valence-electron chi connectivity index (χ2n) is 7.00. The number of fused-ring (bicyclic) bond motifs is 2. The van der Waals surface area contributed by atoms with Gasteiger partial charge in [-0.2, -0.15) is 0 Å². The Morgan fingerprint density at radius 3 is 2.57 bits per heavy atom. The van der Waals surface area contributed by atoms with Gasteiger partial charge in [0.25, 0.3) is 11.8 Å². The lowest BCUT2D eigenvalue weighted by Crippen LogP contribution is -2.28. The molecule has 0 spiro atoms. The Balaban J connectivity index is 1.57. The number of hydrogen-bond acceptors (Lipinski definition) is 3. The van der Waals surface area contributed by atoms with Gasteiger partial charge in [0.05, 0.1) is 0 Å². The second kappa shape index (κ2) is 7.35. The molecule has 1 heterocycles. The standard InChI is InChI=1S/C23H22N2O3/c1-3-24-22(26)14-28-20-8-6-16-10-15(4-5-18(16)12-20)17-7-9-21-19(11-17)13-25(2)23(21)27/h4-12H,3,13-14H2,1-2H3,(H,24,26). The van der Waals surface area contributed by atoms with Crippen molar-refractivity contribution in [2.24, 2.45) is 0 Å². The van der Waals surface area contributed by atoms with Crippen LogP contribution in [0.3, 0.4) is 0 Å². The van der Waals surface area contributed by atoms with Gasteiger partial charge in [-0.1, -0.05) is 24.3 Å². The van der Waals surface area contributed by atoms with Crippen LogP contribution in [0.2, 0.25) is 0 Å². The first kappa shape index (κ1) is 18.0. The Bertz CT molecular complexity index is 1070. The Morgan fingerprint density at radius 1 is 1.04 bits per heavy atom. The maximum absolute atomic E-state index is 12.1. The molecule has 142 valence electrons. The average molecular weight is 374 g/mol. The van der Waals surface area contributed by atoms with E-state index in [0.29, 0.717) is 18.8 Å². The van der Waals surface area contributed by atoms with E-state index < -0.39 is 0 Å². The summed E-state index contributed by atoms with van der Waals surface area (Å²) in [5.41, 5.74) is 4.06. The van der Waals surface area contributed by atoms with E-state index in [2.05, 4.69) is 23.5 Å². The molecule has 0 aromatic heterocycles. The molecule has 0 radical (unpaired) electrons. The Morgan fingerprint density at radius 2 is 1.75 bits per heavy atom. The van der Waals surface area contributed by atoms with Crippen LogP contribution in [-0.4, -0.2) is 36.9 Å². The first-order chi connectivity index (χ1) is 13.5. The first-order valence-electron chi connectivity index (χ1n) is 9.37. The maximum Gasteiger partial charge on any atom is 0.257 e. The summed E-state index contributed by atoms with van der Waals surface area (Å²) in [4.78, 5) is 25.3. The zero-order chi connectivity index (χ0) is 19.7. The molecule has 5 nitrogen and oxygen atoms in total. The van der Waals surface area contributed by atoms with Crippen molar-refractivity contribution in [3.63, 3.8) is 0 Å². The third-order valence-corrected chi connectivity index (χ3v) is 4.98. The summed E-state index contributed by atoms with van der Waals surface area (Å²) in [5, 5.41) is 4.86. The topological polar surface area (TPSA) is 58.6 Å². The molecule has 0 bridgehead atoms. The number of hydrogen-bond donors (Lipinski definition) is 1. The van der Waals surface area contributed by atoms with Crippen molar-refractivity contribution < 1.29 is 14.3 Å². The molecule has 0 saturated heterocycles. The highest BCUT2D eigenvalue weighted by Crippen LogP contribution is 2.30. The summed E-state index contributed by atoms with van der Waals surface area (Å²) >= 11 is 0. The second-order valence-corrected chi connectivity index (χ2v) is 7.00. The Hall–Kier alpha value is -3.34. The van der Waals surface area contributed by atoms with Gasteiger partial charge in [-0.3, -0.25) is 9.59 Å². The minimum Gasteiger partial charge on any atom is -0.484 e. The molecule has 1 N–H and O–H groups in total. The summed E-state index contributed by atoms with van der Waals surface area (Å²) in [6.45, 7) is 3.14. The van der Waals surface area contributed by atoms with Crippen LogP contribution in [0.15, 0.2) is 54.6 Å². The van der Waals surface area contributed by atoms with Crippen molar-refractivity contribution in [1.29, 1.82) is 0 Å². The number of carbonyl (C=O) groups is 2. The van der Waals surface area contributed by atoms with E-state index in [4.69, 9.17) is 4.74 Å². The fourth-order valence-corrected chi connectivity index (χ4v) is 3.54. The van der Waals surface area contributed by atoms with Crippen molar-refractivity contribution in [3.8, 4) is 16.9 Å². The molecule has 28 heavy (non-hydrogen) atoms. The molecule has 0 aliphatic carbocycles. The summed E-state index contributed by atoms with van der Waals surface area (Å²) < 4.78 is 5.57. The van der Waals surface area contributed by atoms with Crippen molar-refractivity contribution in [1.82, 2.24) is 10.2 Å². The van der Waals surface area contributed by atoms with Crippen molar-refractivity contribution in [3.05, 3.63) is 65.7 Å². The zero-order valence-electron chi connectivity index (χ0n) is 16.0. The third kappa shape index (κ3) is 3.43. The molecule has 2 amide bonds. The van der Waals surface area contributed by atoms with E-state index >= 15 is 0 Å². The van der Waals surface area contributed by atoms with E-state index in [1.54, 1.807) is 4.90 Å². The zero-order valence-corrected chi connectivity index (χ0v) is 16.0. The van der Waals surface area contributed by atoms with Gasteiger partial charge in [-0.05, 0) is 64.7 Å². The minimum absolute atomic E-state index is 0.0136. The van der Waals surface area contributed by atoms with Gasteiger partial charge < -0.3 is 15.0 Å². The van der Waals surface area contributed by atoms with Crippen LogP contribution < -0.4 is 10.1 Å². The molecule has 0 atom stereocenters. The lowest BCUT2D eigenvalue weighted by Gasteiger charge is -2.09. The lowest BCUT2D eigenvalue weighted by atomic mass is 9.98. The average Bonchev–Trinajstić information content (AvgIpc) is 2.99. The van der Waals surface area contributed by atoms with Gasteiger partial charge in [0.1, 0.15) is 5.75 Å². The van der Waals surface area contributed by atoms with E-state index in [1.165, 1.54) is 0 Å². The van der Waals surface area contributed by atoms with Crippen LogP contribution in [-0.2, 0) is 11.3 Å². The van der Waals surface area contributed by atoms with Crippen molar-refractivity contribution >= 4 is 22.6 Å². The van der Waals surface area contributed by atoms with E-state index in [1.807, 2.05) is 50.4 Å². The van der Waals surface area contributed by atoms with Crippen LogP contribution in [0, 0.1) is 0 Å². The number of carbonyl (C=O) groups excluding carboxylic acids is 2. The van der Waals surface area contributed by atoms with Crippen LogP contribution >= 0.6 is 0 Å². The van der Waals surface area contributed by atoms with Gasteiger partial charge in [-0.15, -0.1) is 0 Å². The van der Waals surface area contributed by atoms with Crippen LogP contribution in [0.5, 0.6) is 5.75 Å². The predicted octanol–water partition coefficient (Wildman–Crippen LogP) is 3.61. The molecular formula is C23H22N2O3. The summed E-state index contributed by atoms with van der Waals surface area (Å²) in [5.74, 6) is 0.629. The van der Waals surface area contributed by atoms with Crippen molar-refractivity contribution in [2.75, 3.05) is 20.2 Å². The first-order valence-corrected chi connectivity index (χ1v) is 9.37. The maximum atomic E-state index is 12.1. The van der Waals surface area contributed by atoms with Crippen molar-refractivity contribution in [2.45, 2.75) is 13.5 Å². The highest BCUT2D eigenvalue weighted by atomic mass is 16.5. The van der Waals surface area contributed by atoms with Crippen LogP contribution in [0.25, 0.3) is 21.9 Å². The number of likely N-dealkylation sites (N-methyl/N-ethyl adjacent to an activating group) is 1. The van der Waals surface area contributed by atoms with Gasteiger partial charge in [0, 0.05) is 25.7 Å². The SMILES string of the molecule is CCNC(=O)COc1ccc2cc(-c3ccc4c(c3)CN(C)C4=O)ccc2c1. The van der Waals surface area contributed by atoms with Gasteiger partial charge in [0.2, 0.25) is 0 Å². The minimum atomic E-state index is -0.126. The number of nitrogens with zero attached hydrogens (tertiary/aromatic N) is 1. The summed E-state index contributed by atoms with van der Waals surface area (Å²) in [6.07, 6.45) is 0. The number of nitrogens with one attached hydrogen (secondary N) is 1. The predicted molar refractivity (Wildman–Crippen MR) is 109 cm³/mol. The fraction of sp³-hybridized carbons (Fsp3) is 0.217. The van der Waals surface area contributed by atoms with E-state index in [0.717, 1.165) is 33.0 Å². The highest BCUT2D eigenvalue weighted by molar-refractivity contribution is 5.99. The number of benzene rings is 3. The molecule has 1 aliphatic rings. The number of amides is 2. The number of rotatable bonds is 5. The van der Waals surface area contributed by atoms with Gasteiger partial charge in [0.15, 0.2) is 6.61 Å². The van der Waals surface area contributed by atoms with E-state index in [-0.39, 0.29) is 18.4 Å². The van der Waals surface area contributed by atoms with Crippen LogP contribution in [0.1, 0.15) is 22.8 Å². The summed E-state index contributed by atoms with van der Waals surface area (Å²) in [6, 6.07) is 18.1. The quantitative estimate of drug-likeness (QED) is 0.742. The molecule has 5 heteroatoms. The largest absolute Gasteiger partial charge is 0.484 e. The Kier molecular flexibility index (Phi) is 4.74. The number of ether oxygens (including phenoxy) is 1. The molecule has 3 aromatic rings. The molecule has 4 rings (SSSR count). The fourth-order valence-electron chi connectivity index (χ4n) is 3.54. The molecule has 3 aromatic carbocycles. The molecule has 0 unspecified atom stereocenters. The van der Waals surface area contributed by atoms with E-state index in [9.17, 15) is 9.59 Å². The van der Waals surface area contributed by atoms with Gasteiger partial charge >= 0.3 is 0 Å². The van der Waals surface area contributed by atoms with Crippen LogP contribution in [0.4, 0.5) is 0 Å². The molecule has 0 saturated carbocycles. The Labute approximate surface area is 163 Å². The molecular weight excluding hydrogens is 352 g/mol. The molecule has 1 aliphatic heterocycles. The lowest BCUT2D eigenvalue weighted by molar-refractivity contribution is -0.122. The highest BCUT2D eigenvalue weighted by Gasteiger charge is 2.24. The van der Waals surface area contributed by atoms with Gasteiger partial charge in [-0.25, -0.2) is 0 Å².